The van der Waals surface area contributed by atoms with Gasteiger partial charge >= 0.3 is 18.0 Å². The molecule has 9 nitrogen and oxygen atoms in total. The van der Waals surface area contributed by atoms with Gasteiger partial charge in [-0.1, -0.05) is 24.3 Å². The molecule has 1 aliphatic carbocycles. The van der Waals surface area contributed by atoms with Gasteiger partial charge in [0.25, 0.3) is 0 Å². The lowest BCUT2D eigenvalue weighted by molar-refractivity contribution is -0.137. The van der Waals surface area contributed by atoms with Gasteiger partial charge < -0.3 is 20.1 Å². The van der Waals surface area contributed by atoms with E-state index in [0.29, 0.717) is 19.0 Å². The number of amides is 4. The van der Waals surface area contributed by atoms with Gasteiger partial charge in [0.2, 0.25) is 0 Å². The molecule has 4 amide bonds. The van der Waals surface area contributed by atoms with Crippen LogP contribution in [0.3, 0.4) is 0 Å². The minimum atomic E-state index is -1.40. The molecule has 230 valence electrons. The van der Waals surface area contributed by atoms with Crippen LogP contribution in [-0.4, -0.2) is 73.8 Å². The molecular formula is C31H35F3N4O5. The number of likely N-dealkylation sites (tertiary alicyclic amines) is 1. The van der Waals surface area contributed by atoms with Crippen molar-refractivity contribution < 1.29 is 37.0 Å². The molecule has 43 heavy (non-hydrogen) atoms. The summed E-state index contributed by atoms with van der Waals surface area (Å²) in [5.41, 5.74) is 0.690. The lowest BCUT2D eigenvalue weighted by Crippen LogP contribution is -2.56. The molecule has 0 radical (unpaired) electrons. The van der Waals surface area contributed by atoms with Gasteiger partial charge in [0, 0.05) is 32.3 Å². The number of carbonyl (C=O) groups excluding carboxylic acids is 3. The third-order valence-corrected chi connectivity index (χ3v) is 8.61. The number of methoxy groups -OCH3 is 2. The van der Waals surface area contributed by atoms with Crippen LogP contribution in [0.15, 0.2) is 53.7 Å². The number of imide groups is 1. The first-order chi connectivity index (χ1) is 20.7. The Bertz CT molecular complexity index is 1410. The molecular weight excluding hydrogens is 565 g/mol. The van der Waals surface area contributed by atoms with E-state index < -0.39 is 35.7 Å². The molecule has 0 unspecified atom stereocenters. The van der Waals surface area contributed by atoms with Crippen molar-refractivity contribution in [2.45, 2.75) is 56.1 Å². The molecule has 2 heterocycles. The number of carbonyl (C=O) groups is 3. The predicted octanol–water partition coefficient (Wildman–Crippen LogP) is 4.75. The second-order valence-electron chi connectivity index (χ2n) is 11.2. The van der Waals surface area contributed by atoms with Gasteiger partial charge in [-0.25, -0.2) is 32.5 Å². The Morgan fingerprint density at radius 3 is 2.40 bits per heavy atom. The number of benzene rings is 2. The monoisotopic (exact) mass is 600 g/mol. The van der Waals surface area contributed by atoms with Crippen LogP contribution in [0.25, 0.3) is 0 Å². The molecule has 2 N–H and O–H groups in total. The summed E-state index contributed by atoms with van der Waals surface area (Å²) in [6.07, 6.45) is 4.19. The van der Waals surface area contributed by atoms with Gasteiger partial charge in [-0.15, -0.1) is 0 Å². The Hall–Kier alpha value is -3.90. The van der Waals surface area contributed by atoms with Crippen molar-refractivity contribution in [3.8, 4) is 0 Å². The maximum Gasteiger partial charge on any atom is 0.338 e. The van der Waals surface area contributed by atoms with E-state index in [1.165, 1.54) is 19.2 Å². The topological polar surface area (TPSA) is 100 Å². The first kappa shape index (κ1) is 30.6. The molecule has 5 rings (SSSR count). The van der Waals surface area contributed by atoms with Crippen molar-refractivity contribution in [1.29, 1.82) is 0 Å². The van der Waals surface area contributed by atoms with Gasteiger partial charge in [-0.3, -0.25) is 4.90 Å². The van der Waals surface area contributed by atoms with Crippen molar-refractivity contribution in [2.75, 3.05) is 33.9 Å². The highest BCUT2D eigenvalue weighted by atomic mass is 19.2. The molecule has 0 aromatic heterocycles. The SMILES string of the molecule is COCC1=C(C(=O)OC)[C@H](c2ccc(F)c(F)c2)N(C(=O)N[C@@H]2CCN([C@H]3CC[C@H](c4ccccc4F)CC3)C2)C(=O)N1. The van der Waals surface area contributed by atoms with Crippen molar-refractivity contribution >= 4 is 18.0 Å². The van der Waals surface area contributed by atoms with E-state index in [1.54, 1.807) is 6.07 Å². The molecule has 12 heteroatoms. The third kappa shape index (κ3) is 6.40. The zero-order valence-corrected chi connectivity index (χ0v) is 24.1. The number of halogens is 3. The first-order valence-corrected chi connectivity index (χ1v) is 14.4. The average Bonchev–Trinajstić information content (AvgIpc) is 3.46. The fraction of sp³-hybridized carbons (Fsp3) is 0.452. The maximum absolute atomic E-state index is 14.3. The quantitative estimate of drug-likeness (QED) is 0.445. The minimum Gasteiger partial charge on any atom is -0.466 e. The number of nitrogens with one attached hydrogen (secondary N) is 2. The van der Waals surface area contributed by atoms with Crippen molar-refractivity contribution in [1.82, 2.24) is 20.4 Å². The Morgan fingerprint density at radius 1 is 0.977 bits per heavy atom. The molecule has 1 saturated carbocycles. The number of nitrogens with zero attached hydrogens (tertiary/aromatic N) is 2. The van der Waals surface area contributed by atoms with Crippen LogP contribution in [0.4, 0.5) is 22.8 Å². The molecule has 2 atom stereocenters. The van der Waals surface area contributed by atoms with Crippen molar-refractivity contribution in [3.05, 3.63) is 82.3 Å². The van der Waals surface area contributed by atoms with E-state index in [4.69, 9.17) is 9.47 Å². The molecule has 0 bridgehead atoms. The predicted molar refractivity (Wildman–Crippen MR) is 150 cm³/mol. The van der Waals surface area contributed by atoms with Gasteiger partial charge in [-0.2, -0.15) is 0 Å². The highest BCUT2D eigenvalue weighted by Crippen LogP contribution is 2.38. The second kappa shape index (κ2) is 13.2. The Kier molecular flexibility index (Phi) is 9.36. The van der Waals surface area contributed by atoms with E-state index in [-0.39, 0.29) is 41.2 Å². The number of urea groups is 2. The van der Waals surface area contributed by atoms with Crippen molar-refractivity contribution in [2.24, 2.45) is 0 Å². The number of hydrogen-bond donors (Lipinski definition) is 2. The van der Waals surface area contributed by atoms with E-state index in [1.807, 2.05) is 12.1 Å². The fourth-order valence-corrected chi connectivity index (χ4v) is 6.52. The smallest absolute Gasteiger partial charge is 0.338 e. The lowest BCUT2D eigenvalue weighted by Gasteiger charge is -2.37. The number of rotatable bonds is 7. The van der Waals surface area contributed by atoms with Crippen molar-refractivity contribution in [3.63, 3.8) is 0 Å². The number of hydrogen-bond acceptors (Lipinski definition) is 6. The summed E-state index contributed by atoms with van der Waals surface area (Å²) in [7, 11) is 2.50. The van der Waals surface area contributed by atoms with E-state index in [9.17, 15) is 27.6 Å². The molecule has 3 aliphatic rings. The van der Waals surface area contributed by atoms with E-state index in [0.717, 1.165) is 61.9 Å². The summed E-state index contributed by atoms with van der Waals surface area (Å²) in [4.78, 5) is 43.0. The summed E-state index contributed by atoms with van der Waals surface area (Å²) in [5.74, 6) is -3.16. The molecule has 2 aliphatic heterocycles. The van der Waals surface area contributed by atoms with Gasteiger partial charge in [0.05, 0.1) is 25.0 Å². The summed E-state index contributed by atoms with van der Waals surface area (Å²) in [6, 6.07) is 6.80. The zero-order chi connectivity index (χ0) is 30.7. The van der Waals surface area contributed by atoms with Crippen LogP contribution >= 0.6 is 0 Å². The summed E-state index contributed by atoms with van der Waals surface area (Å²) < 4.78 is 52.5. The molecule has 2 aromatic rings. The fourth-order valence-electron chi connectivity index (χ4n) is 6.52. The zero-order valence-electron chi connectivity index (χ0n) is 24.1. The van der Waals surface area contributed by atoms with E-state index >= 15 is 0 Å². The third-order valence-electron chi connectivity index (χ3n) is 8.61. The van der Waals surface area contributed by atoms with Gasteiger partial charge in [0.1, 0.15) is 11.9 Å². The Labute approximate surface area is 248 Å². The highest BCUT2D eigenvalue weighted by molar-refractivity contribution is 6.01. The normalized spacial score (nSPS) is 24.6. The van der Waals surface area contributed by atoms with Crippen LogP contribution in [0.2, 0.25) is 0 Å². The van der Waals surface area contributed by atoms with Crippen LogP contribution < -0.4 is 10.6 Å². The van der Waals surface area contributed by atoms with Gasteiger partial charge in [0.15, 0.2) is 11.6 Å². The average molecular weight is 601 g/mol. The summed E-state index contributed by atoms with van der Waals surface area (Å²) in [6.45, 7) is 1.10. The summed E-state index contributed by atoms with van der Waals surface area (Å²) >= 11 is 0. The lowest BCUT2D eigenvalue weighted by atomic mass is 9.81. The van der Waals surface area contributed by atoms with Crippen LogP contribution in [0.5, 0.6) is 0 Å². The highest BCUT2D eigenvalue weighted by Gasteiger charge is 2.44. The van der Waals surface area contributed by atoms with Crippen LogP contribution in [-0.2, 0) is 14.3 Å². The maximum atomic E-state index is 14.3. The first-order valence-electron chi connectivity index (χ1n) is 14.4. The largest absolute Gasteiger partial charge is 0.466 e. The molecule has 2 aromatic carbocycles. The number of esters is 1. The van der Waals surface area contributed by atoms with Gasteiger partial charge in [-0.05, 0) is 67.3 Å². The molecule has 2 fully saturated rings. The standard InChI is InChI=1S/C31H35F3N4O5/c1-42-17-26-27(29(39)43-2)28(19-9-12-24(33)25(34)15-19)38(31(41)36-26)30(40)35-20-13-14-37(16-20)21-10-7-18(8-11-21)22-5-3-4-6-23(22)32/h3-6,9,12,15,18,20-21,28H,7-8,10-11,13-14,16-17H2,1-2H3,(H,35,40)(H,36,41)/t18-,20-,21-,28+/m1/s1. The van der Waals surface area contributed by atoms with Crippen LogP contribution in [0.1, 0.15) is 55.2 Å². The molecule has 1 saturated heterocycles. The number of ether oxygens (including phenoxy) is 2. The minimum absolute atomic E-state index is 0.0116. The second-order valence-corrected chi connectivity index (χ2v) is 11.2. The molecule has 0 spiro atoms. The Morgan fingerprint density at radius 2 is 1.72 bits per heavy atom. The van der Waals surface area contributed by atoms with Crippen LogP contribution in [0, 0.1) is 17.5 Å². The van der Waals surface area contributed by atoms with E-state index in [2.05, 4.69) is 15.5 Å². The summed E-state index contributed by atoms with van der Waals surface area (Å²) in [5, 5.41) is 5.42. The Balaban J connectivity index is 1.31.